The van der Waals surface area contributed by atoms with Crippen LogP contribution in [0.5, 0.6) is 0 Å². The molecular weight excluding hydrogens is 492 g/mol. The van der Waals surface area contributed by atoms with Crippen molar-refractivity contribution in [1.82, 2.24) is 20.4 Å². The zero-order valence-corrected chi connectivity index (χ0v) is 21.7. The molecule has 2 aromatic carbocycles. The van der Waals surface area contributed by atoms with Crippen molar-refractivity contribution in [3.05, 3.63) is 70.5 Å². The van der Waals surface area contributed by atoms with Gasteiger partial charge in [0.1, 0.15) is 0 Å². The van der Waals surface area contributed by atoms with Gasteiger partial charge in [0.15, 0.2) is 0 Å². The van der Waals surface area contributed by atoms with Crippen LogP contribution in [0.1, 0.15) is 51.5 Å². The number of likely N-dealkylation sites (tertiary alicyclic amines) is 1. The number of amides is 1. The molecule has 4 rings (SSSR count). The number of carbonyl (C=O) groups is 1. The van der Waals surface area contributed by atoms with Gasteiger partial charge in [0.05, 0.1) is 12.5 Å². The van der Waals surface area contributed by atoms with Gasteiger partial charge in [-0.1, -0.05) is 65.3 Å². The first-order valence-corrected chi connectivity index (χ1v) is 12.8. The third-order valence-electron chi connectivity index (χ3n) is 6.57. The van der Waals surface area contributed by atoms with Crippen LogP contribution in [0.15, 0.2) is 63.6 Å². The minimum atomic E-state index is -0.0232. The average Bonchev–Trinajstić information content (AvgIpc) is 3.28. The quantitative estimate of drug-likeness (QED) is 0.416. The van der Waals surface area contributed by atoms with Crippen molar-refractivity contribution in [2.24, 2.45) is 5.92 Å². The molecule has 1 N–H and O–H groups in total. The van der Waals surface area contributed by atoms with Gasteiger partial charge in [-0.3, -0.25) is 9.69 Å². The second kappa shape index (κ2) is 10.8. The number of piperidine rings is 1. The van der Waals surface area contributed by atoms with E-state index in [0.29, 0.717) is 24.8 Å². The number of rotatable bonds is 8. The van der Waals surface area contributed by atoms with E-state index in [-0.39, 0.29) is 23.3 Å². The van der Waals surface area contributed by atoms with Crippen LogP contribution >= 0.6 is 15.9 Å². The first kappa shape index (κ1) is 24.6. The van der Waals surface area contributed by atoms with E-state index in [1.807, 2.05) is 30.3 Å². The molecule has 0 aliphatic carbocycles. The lowest BCUT2D eigenvalue weighted by Crippen LogP contribution is -2.46. The minimum Gasteiger partial charge on any atom is -0.353 e. The SMILES string of the molecule is CC(CC(C)(C)c1ccccc1)NC(=O)C1CCCN(Cc2nc(-c3ccc(Br)cc3)no2)C1. The van der Waals surface area contributed by atoms with Crippen LogP contribution in [-0.2, 0) is 16.8 Å². The lowest BCUT2D eigenvalue weighted by atomic mass is 9.79. The molecule has 1 amide bonds. The smallest absolute Gasteiger partial charge is 0.241 e. The fraction of sp³-hybridized carbons (Fsp3) is 0.444. The molecule has 0 saturated carbocycles. The molecule has 1 saturated heterocycles. The lowest BCUT2D eigenvalue weighted by Gasteiger charge is -2.33. The molecule has 34 heavy (non-hydrogen) atoms. The van der Waals surface area contributed by atoms with Crippen LogP contribution in [0.25, 0.3) is 11.4 Å². The van der Waals surface area contributed by atoms with E-state index in [9.17, 15) is 4.79 Å². The molecule has 2 heterocycles. The fourth-order valence-corrected chi connectivity index (χ4v) is 5.09. The number of hydrogen-bond acceptors (Lipinski definition) is 5. The molecule has 1 aliphatic rings. The number of benzene rings is 2. The van der Waals surface area contributed by atoms with Crippen molar-refractivity contribution < 1.29 is 9.32 Å². The maximum absolute atomic E-state index is 13.1. The van der Waals surface area contributed by atoms with E-state index in [1.54, 1.807) is 0 Å². The normalized spacial score (nSPS) is 17.9. The fourth-order valence-electron chi connectivity index (χ4n) is 4.82. The van der Waals surface area contributed by atoms with Crippen molar-refractivity contribution in [2.75, 3.05) is 13.1 Å². The first-order valence-electron chi connectivity index (χ1n) is 12.0. The lowest BCUT2D eigenvalue weighted by molar-refractivity contribution is -0.127. The van der Waals surface area contributed by atoms with Gasteiger partial charge in [-0.15, -0.1) is 0 Å². The highest BCUT2D eigenvalue weighted by Crippen LogP contribution is 2.28. The highest BCUT2D eigenvalue weighted by molar-refractivity contribution is 9.10. The third-order valence-corrected chi connectivity index (χ3v) is 7.09. The molecule has 3 aromatic rings. The number of aromatic nitrogens is 2. The number of halogens is 1. The van der Waals surface area contributed by atoms with Crippen molar-refractivity contribution in [3.63, 3.8) is 0 Å². The maximum atomic E-state index is 13.1. The molecule has 1 aliphatic heterocycles. The Hall–Kier alpha value is -2.51. The summed E-state index contributed by atoms with van der Waals surface area (Å²) in [5.74, 6) is 1.28. The number of carbonyl (C=O) groups excluding carboxylic acids is 1. The van der Waals surface area contributed by atoms with E-state index in [2.05, 4.69) is 81.3 Å². The molecule has 0 spiro atoms. The Morgan fingerprint density at radius 2 is 1.94 bits per heavy atom. The highest BCUT2D eigenvalue weighted by Gasteiger charge is 2.29. The summed E-state index contributed by atoms with van der Waals surface area (Å²) in [5.41, 5.74) is 2.21. The summed E-state index contributed by atoms with van der Waals surface area (Å²) in [6.07, 6.45) is 2.78. The van der Waals surface area contributed by atoms with Crippen molar-refractivity contribution in [3.8, 4) is 11.4 Å². The van der Waals surface area contributed by atoms with Gasteiger partial charge < -0.3 is 9.84 Å². The van der Waals surface area contributed by atoms with Gasteiger partial charge in [-0.2, -0.15) is 4.98 Å². The van der Waals surface area contributed by atoms with Crippen LogP contribution in [0.3, 0.4) is 0 Å². The second-order valence-corrected chi connectivity index (χ2v) is 10.9. The summed E-state index contributed by atoms with van der Waals surface area (Å²) in [5, 5.41) is 7.40. The van der Waals surface area contributed by atoms with Crippen molar-refractivity contribution >= 4 is 21.8 Å². The molecular formula is C27H33BrN4O2. The Bertz CT molecular complexity index is 1080. The van der Waals surface area contributed by atoms with Gasteiger partial charge >= 0.3 is 0 Å². The largest absolute Gasteiger partial charge is 0.353 e. The Morgan fingerprint density at radius 3 is 2.68 bits per heavy atom. The Morgan fingerprint density at radius 1 is 1.21 bits per heavy atom. The van der Waals surface area contributed by atoms with E-state index in [4.69, 9.17) is 4.52 Å². The van der Waals surface area contributed by atoms with Crippen LogP contribution in [-0.4, -0.2) is 40.1 Å². The summed E-state index contributed by atoms with van der Waals surface area (Å²) >= 11 is 3.44. The van der Waals surface area contributed by atoms with Crippen LogP contribution < -0.4 is 5.32 Å². The summed E-state index contributed by atoms with van der Waals surface area (Å²) in [6.45, 7) is 8.77. The van der Waals surface area contributed by atoms with E-state index < -0.39 is 0 Å². The topological polar surface area (TPSA) is 71.3 Å². The van der Waals surface area contributed by atoms with Gasteiger partial charge in [0.2, 0.25) is 17.6 Å². The van der Waals surface area contributed by atoms with Gasteiger partial charge in [-0.25, -0.2) is 0 Å². The second-order valence-electron chi connectivity index (χ2n) is 9.96. The molecule has 180 valence electrons. The van der Waals surface area contributed by atoms with Gasteiger partial charge in [0, 0.05) is 22.6 Å². The average molecular weight is 525 g/mol. The van der Waals surface area contributed by atoms with Crippen LogP contribution in [0.4, 0.5) is 0 Å². The van der Waals surface area contributed by atoms with Crippen molar-refractivity contribution in [1.29, 1.82) is 0 Å². The molecule has 0 radical (unpaired) electrons. The van der Waals surface area contributed by atoms with Crippen molar-refractivity contribution in [2.45, 2.75) is 58.0 Å². The zero-order chi connectivity index (χ0) is 24.1. The molecule has 2 unspecified atom stereocenters. The zero-order valence-electron chi connectivity index (χ0n) is 20.1. The van der Waals surface area contributed by atoms with Crippen LogP contribution in [0.2, 0.25) is 0 Å². The molecule has 1 fully saturated rings. The predicted octanol–water partition coefficient (Wildman–Crippen LogP) is 5.58. The summed E-state index contributed by atoms with van der Waals surface area (Å²) in [6, 6.07) is 18.4. The molecule has 2 atom stereocenters. The van der Waals surface area contributed by atoms with E-state index >= 15 is 0 Å². The minimum absolute atomic E-state index is 0.00292. The number of nitrogens with zero attached hydrogens (tertiary/aromatic N) is 3. The first-order chi connectivity index (χ1) is 16.3. The van der Waals surface area contributed by atoms with E-state index in [1.165, 1.54) is 5.56 Å². The molecule has 0 bridgehead atoms. The monoisotopic (exact) mass is 524 g/mol. The molecule has 7 heteroatoms. The Labute approximate surface area is 210 Å². The van der Waals surface area contributed by atoms with E-state index in [0.717, 1.165) is 35.8 Å². The molecule has 1 aromatic heterocycles. The Kier molecular flexibility index (Phi) is 7.84. The highest BCUT2D eigenvalue weighted by atomic mass is 79.9. The standard InChI is InChI=1S/C27H33BrN4O2/c1-19(16-27(2,3)22-9-5-4-6-10-22)29-26(33)21-8-7-15-32(17-21)18-24-30-25(31-34-24)20-11-13-23(28)14-12-20/h4-6,9-14,19,21H,7-8,15-18H2,1-3H3,(H,29,33). The van der Waals surface area contributed by atoms with Crippen LogP contribution in [0, 0.1) is 5.92 Å². The summed E-state index contributed by atoms with van der Waals surface area (Å²) in [4.78, 5) is 19.9. The number of nitrogens with one attached hydrogen (secondary N) is 1. The summed E-state index contributed by atoms with van der Waals surface area (Å²) in [7, 11) is 0. The third kappa shape index (κ3) is 6.33. The Balaban J connectivity index is 1.30. The predicted molar refractivity (Wildman–Crippen MR) is 137 cm³/mol. The molecule has 6 nitrogen and oxygen atoms in total. The van der Waals surface area contributed by atoms with Gasteiger partial charge in [-0.05, 0) is 68.0 Å². The summed E-state index contributed by atoms with van der Waals surface area (Å²) < 4.78 is 6.50. The maximum Gasteiger partial charge on any atom is 0.241 e. The van der Waals surface area contributed by atoms with Gasteiger partial charge in [0.25, 0.3) is 0 Å². The number of hydrogen-bond donors (Lipinski definition) is 1.